The monoisotopic (exact) mass is 671 g/mol. The van der Waals surface area contributed by atoms with Gasteiger partial charge in [-0.3, -0.25) is 24.1 Å². The van der Waals surface area contributed by atoms with E-state index < -0.39 is 46.6 Å². The number of primary amides is 1. The Labute approximate surface area is 276 Å². The number of carbonyl (C=O) groups excluding carboxylic acids is 4. The molecule has 252 valence electrons. The molecule has 2 aliphatic heterocycles. The minimum atomic E-state index is -2.04. The van der Waals surface area contributed by atoms with Crippen molar-refractivity contribution in [3.63, 3.8) is 0 Å². The molecular formula is C33H38ClN3O10. The van der Waals surface area contributed by atoms with Crippen molar-refractivity contribution in [1.82, 2.24) is 10.2 Å². The van der Waals surface area contributed by atoms with Crippen LogP contribution in [-0.2, 0) is 14.4 Å². The maximum absolute atomic E-state index is 14.3. The fourth-order valence-corrected chi connectivity index (χ4v) is 7.03. The zero-order chi connectivity index (χ0) is 34.2. The number of aromatic hydroxyl groups is 1. The first kappa shape index (κ1) is 33.9. The van der Waals surface area contributed by atoms with Gasteiger partial charge in [0.2, 0.25) is 23.2 Å². The normalized spacial score (nSPS) is 22.1. The first-order valence-electron chi connectivity index (χ1n) is 15.2. The Balaban J connectivity index is 1.56. The van der Waals surface area contributed by atoms with Crippen molar-refractivity contribution in [1.29, 1.82) is 0 Å². The number of Topliss-reactive ketones (excluding diaryl/α,β-unsaturated/α-hetero) is 2. The molecule has 13 nitrogen and oxygen atoms in total. The maximum Gasteiger partial charge on any atom is 0.231 e. The van der Waals surface area contributed by atoms with Crippen molar-refractivity contribution >= 4 is 35.0 Å². The van der Waals surface area contributed by atoms with E-state index in [1.807, 2.05) is 4.90 Å². The summed E-state index contributed by atoms with van der Waals surface area (Å²) in [6, 6.07) is 5.60. The van der Waals surface area contributed by atoms with Gasteiger partial charge in [-0.05, 0) is 30.5 Å². The van der Waals surface area contributed by atoms with Crippen molar-refractivity contribution in [3.8, 4) is 28.7 Å². The van der Waals surface area contributed by atoms with Crippen LogP contribution in [0.5, 0.6) is 28.7 Å². The molecule has 1 fully saturated rings. The highest BCUT2D eigenvalue weighted by molar-refractivity contribution is 6.35. The molecule has 3 aliphatic rings. The van der Waals surface area contributed by atoms with E-state index in [2.05, 4.69) is 5.32 Å². The van der Waals surface area contributed by atoms with E-state index in [1.165, 1.54) is 45.6 Å². The number of allylic oxidation sites excluding steroid dienone is 1. The molecule has 47 heavy (non-hydrogen) atoms. The lowest BCUT2D eigenvalue weighted by Crippen LogP contribution is -2.53. The van der Waals surface area contributed by atoms with Gasteiger partial charge in [0, 0.05) is 55.4 Å². The standard InChI is InChI=1S/C33H38ClN3O10/c1-16-11-21(39)27(31(42)33(16)32(43)28-23(45-3)14-24(46-4)29(34)30(28)47-33)19(17-5-6-20(38)22(12-17)44-2)13-26(41)36-18-7-9-37(10-8-18)15-25(35)40/h5-6,12,14,16,18-19,38,42H,7-11,13,15H2,1-4H3,(H2,35,40)(H,36,41)/t16-,19?,33+/m1/s1. The number of aliphatic hydroxyl groups is 1. The Morgan fingerprint density at radius 2 is 1.74 bits per heavy atom. The number of methoxy groups -OCH3 is 3. The lowest BCUT2D eigenvalue weighted by Gasteiger charge is -2.39. The Kier molecular flexibility index (Phi) is 9.60. The number of likely N-dealkylation sites (tertiary alicyclic amines) is 1. The van der Waals surface area contributed by atoms with E-state index in [0.717, 1.165) is 0 Å². The van der Waals surface area contributed by atoms with Crippen LogP contribution < -0.4 is 30.0 Å². The number of rotatable bonds is 10. The van der Waals surface area contributed by atoms with E-state index >= 15 is 0 Å². The summed E-state index contributed by atoms with van der Waals surface area (Å²) >= 11 is 6.57. The molecule has 5 N–H and O–H groups in total. The summed E-state index contributed by atoms with van der Waals surface area (Å²) < 4.78 is 22.4. The second-order valence-corrected chi connectivity index (χ2v) is 12.4. The van der Waals surface area contributed by atoms with Crippen LogP contribution in [0.3, 0.4) is 0 Å². The first-order chi connectivity index (χ1) is 22.4. The first-order valence-corrected chi connectivity index (χ1v) is 15.6. The minimum absolute atomic E-state index is 0.00586. The van der Waals surface area contributed by atoms with Crippen LogP contribution in [-0.4, -0.2) is 91.1 Å². The van der Waals surface area contributed by atoms with Crippen LogP contribution in [0.1, 0.15) is 54.4 Å². The van der Waals surface area contributed by atoms with Crippen LogP contribution in [0.25, 0.3) is 0 Å². The number of nitrogens with one attached hydrogen (secondary N) is 1. The Morgan fingerprint density at radius 3 is 2.36 bits per heavy atom. The molecule has 2 heterocycles. The Hall–Kier alpha value is -4.49. The molecule has 2 amide bonds. The highest BCUT2D eigenvalue weighted by atomic mass is 35.5. The van der Waals surface area contributed by atoms with Crippen molar-refractivity contribution in [2.45, 2.75) is 50.2 Å². The fraction of sp³-hybridized carbons (Fsp3) is 0.455. The molecule has 5 rings (SSSR count). The van der Waals surface area contributed by atoms with Gasteiger partial charge in [0.1, 0.15) is 22.1 Å². The van der Waals surface area contributed by atoms with E-state index in [-0.39, 0.29) is 70.3 Å². The molecule has 0 saturated carbocycles. The number of piperidine rings is 1. The van der Waals surface area contributed by atoms with E-state index in [0.29, 0.717) is 31.5 Å². The average Bonchev–Trinajstić information content (AvgIpc) is 3.35. The third-order valence-electron chi connectivity index (χ3n) is 9.19. The second kappa shape index (κ2) is 13.3. The number of phenols is 1. The van der Waals surface area contributed by atoms with Gasteiger partial charge >= 0.3 is 0 Å². The molecule has 2 aromatic carbocycles. The zero-order valence-electron chi connectivity index (χ0n) is 26.6. The maximum atomic E-state index is 14.3. The Morgan fingerprint density at radius 1 is 1.09 bits per heavy atom. The number of fused-ring (bicyclic) bond motifs is 1. The van der Waals surface area contributed by atoms with E-state index in [1.54, 1.807) is 6.92 Å². The number of aliphatic hydroxyl groups excluding tert-OH is 1. The van der Waals surface area contributed by atoms with Crippen LogP contribution in [0.4, 0.5) is 0 Å². The number of carbonyl (C=O) groups is 4. The highest BCUT2D eigenvalue weighted by Crippen LogP contribution is 2.56. The van der Waals surface area contributed by atoms with Gasteiger partial charge < -0.3 is 40.2 Å². The van der Waals surface area contributed by atoms with Crippen molar-refractivity contribution < 1.29 is 48.3 Å². The molecule has 1 aliphatic carbocycles. The summed E-state index contributed by atoms with van der Waals surface area (Å²) in [5.74, 6) is -4.34. The molecule has 3 atom stereocenters. The number of ketones is 2. The number of halogens is 1. The molecular weight excluding hydrogens is 634 g/mol. The summed E-state index contributed by atoms with van der Waals surface area (Å²) in [6.07, 6.45) is 0.680. The third-order valence-corrected chi connectivity index (χ3v) is 9.55. The van der Waals surface area contributed by atoms with Gasteiger partial charge in [-0.1, -0.05) is 24.6 Å². The summed E-state index contributed by atoms with van der Waals surface area (Å²) in [4.78, 5) is 55.0. The van der Waals surface area contributed by atoms with E-state index in [9.17, 15) is 29.4 Å². The summed E-state index contributed by atoms with van der Waals surface area (Å²) in [6.45, 7) is 2.88. The summed E-state index contributed by atoms with van der Waals surface area (Å²) in [5.41, 5.74) is 3.47. The van der Waals surface area contributed by atoms with Gasteiger partial charge in [0.05, 0.1) is 27.9 Å². The number of nitrogens with two attached hydrogens (primary N) is 1. The number of benzene rings is 2. The smallest absolute Gasteiger partial charge is 0.231 e. The topological polar surface area (TPSA) is 187 Å². The van der Waals surface area contributed by atoms with Crippen molar-refractivity contribution in [3.05, 3.63) is 51.7 Å². The summed E-state index contributed by atoms with van der Waals surface area (Å²) in [7, 11) is 4.12. The highest BCUT2D eigenvalue weighted by Gasteiger charge is 2.61. The summed E-state index contributed by atoms with van der Waals surface area (Å²) in [5, 5.41) is 25.4. The molecule has 2 aromatic rings. The average molecular weight is 672 g/mol. The van der Waals surface area contributed by atoms with Crippen molar-refractivity contribution in [2.75, 3.05) is 41.0 Å². The van der Waals surface area contributed by atoms with Gasteiger partial charge in [-0.25, -0.2) is 0 Å². The quantitative estimate of drug-likeness (QED) is 0.291. The third kappa shape index (κ3) is 6.05. The van der Waals surface area contributed by atoms with Gasteiger partial charge in [0.25, 0.3) is 0 Å². The zero-order valence-corrected chi connectivity index (χ0v) is 27.3. The number of nitrogens with zero attached hydrogens (tertiary/aromatic N) is 1. The molecule has 0 bridgehead atoms. The lowest BCUT2D eigenvalue weighted by molar-refractivity contribution is -0.123. The lowest BCUT2D eigenvalue weighted by atomic mass is 9.69. The Bertz CT molecular complexity index is 1650. The molecule has 1 unspecified atom stereocenters. The SMILES string of the molecule is COc1cc(C(CC(=O)NC2CCN(CC(N)=O)CC2)C2=C(O)[C@@]3(Oc4c(Cl)c(OC)cc(OC)c4C3=O)[C@H](C)CC2=O)ccc1O. The molecule has 0 aromatic heterocycles. The van der Waals surface area contributed by atoms with Gasteiger partial charge in [-0.15, -0.1) is 0 Å². The van der Waals surface area contributed by atoms with Crippen LogP contribution >= 0.6 is 11.6 Å². The largest absolute Gasteiger partial charge is 0.507 e. The number of hydrogen-bond acceptors (Lipinski definition) is 11. The number of ether oxygens (including phenoxy) is 4. The van der Waals surface area contributed by atoms with Crippen LogP contribution in [0, 0.1) is 5.92 Å². The molecule has 14 heteroatoms. The predicted octanol–water partition coefficient (Wildman–Crippen LogP) is 3.05. The van der Waals surface area contributed by atoms with Gasteiger partial charge in [0.15, 0.2) is 28.8 Å². The number of amides is 2. The van der Waals surface area contributed by atoms with Crippen LogP contribution in [0.2, 0.25) is 5.02 Å². The predicted molar refractivity (Wildman–Crippen MR) is 170 cm³/mol. The van der Waals surface area contributed by atoms with Gasteiger partial charge in [-0.2, -0.15) is 0 Å². The molecule has 0 radical (unpaired) electrons. The molecule has 1 saturated heterocycles. The fourth-order valence-electron chi connectivity index (χ4n) is 6.76. The van der Waals surface area contributed by atoms with Crippen molar-refractivity contribution in [2.24, 2.45) is 11.7 Å². The second-order valence-electron chi connectivity index (χ2n) is 12.0. The molecule has 1 spiro atoms. The number of phenolic OH excluding ortho intramolecular Hbond substituents is 1. The van der Waals surface area contributed by atoms with Crippen LogP contribution in [0.15, 0.2) is 35.6 Å². The number of hydrogen-bond donors (Lipinski definition) is 4. The minimum Gasteiger partial charge on any atom is -0.507 e. The van der Waals surface area contributed by atoms with E-state index in [4.69, 9.17) is 36.3 Å².